The molecule has 0 saturated carbocycles. The fourth-order valence-electron chi connectivity index (χ4n) is 3.63. The molecule has 0 atom stereocenters. The Kier molecular flexibility index (Phi) is 8.35. The van der Waals surface area contributed by atoms with E-state index in [1.807, 2.05) is 19.9 Å². The standard InChI is InChI=1S/C23H30N2O5/c1-6-25-17(4)20(16(3)21(25)23(28)30-7-2)19(26)15-24(13-14-29-5)22(27)18-11-9-8-10-12-18/h8-12H,6-7,13-15H2,1-5H3. The molecule has 0 saturated heterocycles. The van der Waals surface area contributed by atoms with Gasteiger partial charge in [0.05, 0.1) is 19.8 Å². The van der Waals surface area contributed by atoms with E-state index in [4.69, 9.17) is 9.47 Å². The Balaban J connectivity index is 2.37. The van der Waals surface area contributed by atoms with Crippen molar-refractivity contribution in [2.45, 2.75) is 34.2 Å². The Morgan fingerprint density at radius 3 is 2.30 bits per heavy atom. The first-order valence-electron chi connectivity index (χ1n) is 10.1. The Morgan fingerprint density at radius 2 is 1.73 bits per heavy atom. The Hall–Kier alpha value is -2.93. The summed E-state index contributed by atoms with van der Waals surface area (Å²) in [7, 11) is 1.55. The summed E-state index contributed by atoms with van der Waals surface area (Å²) < 4.78 is 12.1. The summed E-state index contributed by atoms with van der Waals surface area (Å²) in [5.41, 5.74) is 2.63. The highest BCUT2D eigenvalue weighted by Crippen LogP contribution is 2.24. The van der Waals surface area contributed by atoms with Gasteiger partial charge in [0.2, 0.25) is 0 Å². The Morgan fingerprint density at radius 1 is 1.07 bits per heavy atom. The molecular weight excluding hydrogens is 384 g/mol. The van der Waals surface area contributed by atoms with Crippen LogP contribution in [-0.4, -0.2) is 60.5 Å². The third-order valence-electron chi connectivity index (χ3n) is 5.04. The van der Waals surface area contributed by atoms with Crippen molar-refractivity contribution in [3.63, 3.8) is 0 Å². The average Bonchev–Trinajstić information content (AvgIpc) is 3.00. The van der Waals surface area contributed by atoms with Gasteiger partial charge in [-0.15, -0.1) is 0 Å². The zero-order valence-corrected chi connectivity index (χ0v) is 18.4. The molecule has 0 radical (unpaired) electrons. The molecule has 1 amide bonds. The van der Waals surface area contributed by atoms with Crippen molar-refractivity contribution in [3.05, 3.63) is 58.4 Å². The fourth-order valence-corrected chi connectivity index (χ4v) is 3.63. The van der Waals surface area contributed by atoms with Crippen molar-refractivity contribution in [2.24, 2.45) is 0 Å². The van der Waals surface area contributed by atoms with Crippen LogP contribution in [0, 0.1) is 13.8 Å². The molecular formula is C23H30N2O5. The lowest BCUT2D eigenvalue weighted by Gasteiger charge is -2.22. The van der Waals surface area contributed by atoms with Crippen LogP contribution in [0.5, 0.6) is 0 Å². The number of aromatic nitrogens is 1. The number of ketones is 1. The smallest absolute Gasteiger partial charge is 0.355 e. The number of Topliss-reactive ketones (excluding diaryl/α,β-unsaturated/α-hetero) is 1. The second-order valence-corrected chi connectivity index (χ2v) is 6.91. The van der Waals surface area contributed by atoms with Gasteiger partial charge in [0, 0.05) is 37.0 Å². The predicted molar refractivity (Wildman–Crippen MR) is 114 cm³/mol. The van der Waals surface area contributed by atoms with Crippen molar-refractivity contribution in [1.82, 2.24) is 9.47 Å². The molecule has 0 aliphatic rings. The third kappa shape index (κ3) is 4.97. The molecule has 1 aromatic carbocycles. The molecule has 2 aromatic rings. The number of rotatable bonds is 10. The zero-order valence-electron chi connectivity index (χ0n) is 18.4. The van der Waals surface area contributed by atoms with Gasteiger partial charge in [0.15, 0.2) is 5.78 Å². The third-order valence-corrected chi connectivity index (χ3v) is 5.04. The highest BCUT2D eigenvalue weighted by molar-refractivity contribution is 6.06. The molecule has 0 N–H and O–H groups in total. The maximum Gasteiger partial charge on any atom is 0.355 e. The number of methoxy groups -OCH3 is 1. The lowest BCUT2D eigenvalue weighted by atomic mass is 10.0. The van der Waals surface area contributed by atoms with Gasteiger partial charge in [-0.25, -0.2) is 4.79 Å². The summed E-state index contributed by atoms with van der Waals surface area (Å²) in [6.45, 7) is 8.50. The summed E-state index contributed by atoms with van der Waals surface area (Å²) in [5.74, 6) is -0.907. The molecule has 0 aliphatic carbocycles. The highest BCUT2D eigenvalue weighted by atomic mass is 16.5. The van der Waals surface area contributed by atoms with Gasteiger partial charge < -0.3 is 18.9 Å². The summed E-state index contributed by atoms with van der Waals surface area (Å²) >= 11 is 0. The van der Waals surface area contributed by atoms with E-state index in [-0.39, 0.29) is 31.4 Å². The molecule has 2 rings (SSSR count). The molecule has 162 valence electrons. The molecule has 0 spiro atoms. The molecule has 0 bridgehead atoms. The molecule has 7 heteroatoms. The number of hydrogen-bond acceptors (Lipinski definition) is 5. The first kappa shape index (κ1) is 23.3. The van der Waals surface area contributed by atoms with Crippen molar-refractivity contribution >= 4 is 17.7 Å². The van der Waals surface area contributed by atoms with Crippen LogP contribution in [-0.2, 0) is 16.0 Å². The zero-order chi connectivity index (χ0) is 22.3. The van der Waals surface area contributed by atoms with E-state index in [9.17, 15) is 14.4 Å². The topological polar surface area (TPSA) is 77.8 Å². The van der Waals surface area contributed by atoms with Crippen LogP contribution in [0.25, 0.3) is 0 Å². The Labute approximate surface area is 177 Å². The summed E-state index contributed by atoms with van der Waals surface area (Å²) in [6.07, 6.45) is 0. The van der Waals surface area contributed by atoms with E-state index in [2.05, 4.69) is 0 Å². The number of hydrogen-bond donors (Lipinski definition) is 0. The van der Waals surface area contributed by atoms with Crippen LogP contribution < -0.4 is 0 Å². The summed E-state index contributed by atoms with van der Waals surface area (Å²) in [4.78, 5) is 40.1. The van der Waals surface area contributed by atoms with Crippen LogP contribution in [0.1, 0.15) is 56.3 Å². The lowest BCUT2D eigenvalue weighted by molar-refractivity contribution is 0.0512. The predicted octanol–water partition coefficient (Wildman–Crippen LogP) is 3.27. The molecule has 0 unspecified atom stereocenters. The van der Waals surface area contributed by atoms with Crippen LogP contribution in [0.4, 0.5) is 0 Å². The minimum atomic E-state index is -0.449. The van der Waals surface area contributed by atoms with Gasteiger partial charge in [-0.2, -0.15) is 0 Å². The van der Waals surface area contributed by atoms with E-state index in [1.165, 1.54) is 4.90 Å². The van der Waals surface area contributed by atoms with Crippen molar-refractivity contribution < 1.29 is 23.9 Å². The van der Waals surface area contributed by atoms with E-state index in [0.717, 1.165) is 0 Å². The van der Waals surface area contributed by atoms with Crippen molar-refractivity contribution in [2.75, 3.05) is 33.4 Å². The van der Waals surface area contributed by atoms with Crippen molar-refractivity contribution in [3.8, 4) is 0 Å². The van der Waals surface area contributed by atoms with Crippen LogP contribution >= 0.6 is 0 Å². The normalized spacial score (nSPS) is 10.7. The van der Waals surface area contributed by atoms with E-state index >= 15 is 0 Å². The van der Waals surface area contributed by atoms with E-state index in [1.54, 1.807) is 49.8 Å². The lowest BCUT2D eigenvalue weighted by Crippen LogP contribution is -2.38. The molecule has 0 fully saturated rings. The van der Waals surface area contributed by atoms with Crippen LogP contribution in [0.3, 0.4) is 0 Å². The van der Waals surface area contributed by atoms with Gasteiger partial charge in [0.25, 0.3) is 5.91 Å². The number of nitrogens with zero attached hydrogens (tertiary/aromatic N) is 2. The summed E-state index contributed by atoms with van der Waals surface area (Å²) in [5, 5.41) is 0. The number of benzene rings is 1. The first-order valence-corrected chi connectivity index (χ1v) is 10.1. The quantitative estimate of drug-likeness (QED) is 0.440. The van der Waals surface area contributed by atoms with E-state index in [0.29, 0.717) is 41.2 Å². The maximum absolute atomic E-state index is 13.3. The molecule has 1 aromatic heterocycles. The number of amides is 1. The van der Waals surface area contributed by atoms with Crippen molar-refractivity contribution in [1.29, 1.82) is 0 Å². The van der Waals surface area contributed by atoms with E-state index < -0.39 is 5.97 Å². The molecule has 7 nitrogen and oxygen atoms in total. The average molecular weight is 415 g/mol. The fraction of sp³-hybridized carbons (Fsp3) is 0.435. The number of carbonyl (C=O) groups is 3. The second kappa shape index (κ2) is 10.7. The van der Waals surface area contributed by atoms with Gasteiger partial charge >= 0.3 is 5.97 Å². The molecule has 0 aliphatic heterocycles. The summed E-state index contributed by atoms with van der Waals surface area (Å²) in [6, 6.07) is 8.83. The number of esters is 1. The maximum atomic E-state index is 13.3. The number of ether oxygens (including phenoxy) is 2. The molecule has 1 heterocycles. The Bertz CT molecular complexity index is 902. The SMILES string of the molecule is CCOC(=O)c1c(C)c(C(=O)CN(CCOC)C(=O)c2ccccc2)c(C)n1CC. The molecule has 30 heavy (non-hydrogen) atoms. The largest absolute Gasteiger partial charge is 0.461 e. The van der Waals surface area contributed by atoms with Crippen LogP contribution in [0.2, 0.25) is 0 Å². The second-order valence-electron chi connectivity index (χ2n) is 6.91. The minimum absolute atomic E-state index is 0.102. The number of carbonyl (C=O) groups excluding carboxylic acids is 3. The highest BCUT2D eigenvalue weighted by Gasteiger charge is 2.28. The van der Waals surface area contributed by atoms with Crippen LogP contribution in [0.15, 0.2) is 30.3 Å². The first-order chi connectivity index (χ1) is 14.4. The van der Waals surface area contributed by atoms with Gasteiger partial charge in [0.1, 0.15) is 5.69 Å². The van der Waals surface area contributed by atoms with Gasteiger partial charge in [-0.05, 0) is 45.4 Å². The monoisotopic (exact) mass is 414 g/mol. The van der Waals surface area contributed by atoms with Gasteiger partial charge in [-0.3, -0.25) is 9.59 Å². The minimum Gasteiger partial charge on any atom is -0.461 e. The van der Waals surface area contributed by atoms with Gasteiger partial charge in [-0.1, -0.05) is 18.2 Å².